The molecule has 0 radical (unpaired) electrons. The Balaban J connectivity index is 2.86. The fourth-order valence-corrected chi connectivity index (χ4v) is 1.85. The van der Waals surface area contributed by atoms with Gasteiger partial charge in [0.25, 0.3) is 0 Å². The third-order valence-electron chi connectivity index (χ3n) is 2.27. The second kappa shape index (κ2) is 7.09. The topological polar surface area (TPSA) is 102 Å². The van der Waals surface area contributed by atoms with Crippen LogP contribution in [0.25, 0.3) is 0 Å². The average molecular weight is 302 g/mol. The van der Waals surface area contributed by atoms with Crippen molar-refractivity contribution < 1.29 is 33.1 Å². The van der Waals surface area contributed by atoms with Crippen LogP contribution in [0, 0.1) is 0 Å². The van der Waals surface area contributed by atoms with Crippen molar-refractivity contribution in [3.63, 3.8) is 0 Å². The van der Waals surface area contributed by atoms with Gasteiger partial charge in [0.2, 0.25) is 0 Å². The first-order chi connectivity index (χ1) is 9.35. The molecule has 0 saturated carbocycles. The van der Waals surface area contributed by atoms with Gasteiger partial charge < -0.3 is 14.0 Å². The molecule has 1 aromatic rings. The lowest BCUT2D eigenvalue weighted by Crippen LogP contribution is -2.05. The zero-order valence-corrected chi connectivity index (χ0v) is 11.7. The fraction of sp³-hybridized carbons (Fsp3) is 0.250. The molecule has 0 aliphatic rings. The molecule has 0 aromatic heterocycles. The summed E-state index contributed by atoms with van der Waals surface area (Å²) in [5, 5.41) is 0. The average Bonchev–Trinajstić information content (AvgIpc) is 2.38. The van der Waals surface area contributed by atoms with Crippen LogP contribution in [0.15, 0.2) is 30.9 Å². The van der Waals surface area contributed by atoms with Crippen LogP contribution < -0.4 is 9.26 Å². The molecule has 1 aromatic carbocycles. The van der Waals surface area contributed by atoms with E-state index in [0.717, 1.165) is 6.08 Å². The van der Waals surface area contributed by atoms with Gasteiger partial charge in [-0.2, -0.15) is 0 Å². The predicted molar refractivity (Wildman–Crippen MR) is 70.5 cm³/mol. The maximum Gasteiger partial charge on any atom is 0.524 e. The van der Waals surface area contributed by atoms with Crippen LogP contribution in [0.3, 0.4) is 0 Å². The van der Waals surface area contributed by atoms with E-state index < -0.39 is 13.8 Å². The normalized spacial score (nSPS) is 10.8. The number of ether oxygens (including phenoxy) is 2. The maximum absolute atomic E-state index is 10.9. The maximum atomic E-state index is 10.9. The number of rotatable bonds is 7. The number of carbonyl (C=O) groups excluding carboxylic acids is 1. The van der Waals surface area contributed by atoms with Crippen molar-refractivity contribution in [2.45, 2.75) is 6.42 Å². The molecular formula is C12H15O7P. The number of carbonyl (C=O) groups is 1. The molecule has 0 heterocycles. The van der Waals surface area contributed by atoms with E-state index in [0.29, 0.717) is 11.3 Å². The van der Waals surface area contributed by atoms with Crippen molar-refractivity contribution >= 4 is 13.8 Å². The minimum atomic E-state index is -4.66. The molecule has 7 nitrogen and oxygen atoms in total. The Morgan fingerprint density at radius 3 is 2.70 bits per heavy atom. The second-order valence-electron chi connectivity index (χ2n) is 3.68. The highest BCUT2D eigenvalue weighted by molar-refractivity contribution is 7.46. The summed E-state index contributed by atoms with van der Waals surface area (Å²) in [6.45, 7) is 3.28. The first kappa shape index (κ1) is 16.2. The quantitative estimate of drug-likeness (QED) is 0.446. The molecule has 0 saturated heterocycles. The van der Waals surface area contributed by atoms with E-state index in [9.17, 15) is 9.36 Å². The highest BCUT2D eigenvalue weighted by Crippen LogP contribution is 2.40. The summed E-state index contributed by atoms with van der Waals surface area (Å²) in [6.07, 6.45) is 1.24. The molecule has 0 aliphatic carbocycles. The lowest BCUT2D eigenvalue weighted by Gasteiger charge is -2.13. The predicted octanol–water partition coefficient (Wildman–Crippen LogP) is 1.44. The molecule has 0 unspecified atom stereocenters. The molecule has 2 N–H and O–H groups in total. The summed E-state index contributed by atoms with van der Waals surface area (Å²) in [5.41, 5.74) is 0.449. The van der Waals surface area contributed by atoms with E-state index in [1.54, 1.807) is 6.07 Å². The summed E-state index contributed by atoms with van der Waals surface area (Å²) < 4.78 is 25.3. The second-order valence-corrected chi connectivity index (χ2v) is 4.84. The molecular weight excluding hydrogens is 287 g/mol. The van der Waals surface area contributed by atoms with Gasteiger partial charge in [-0.25, -0.2) is 9.36 Å². The highest BCUT2D eigenvalue weighted by atomic mass is 31.2. The largest absolute Gasteiger partial charge is 0.524 e. The van der Waals surface area contributed by atoms with Crippen molar-refractivity contribution in [1.29, 1.82) is 0 Å². The molecule has 0 fully saturated rings. The molecule has 0 aliphatic heterocycles. The van der Waals surface area contributed by atoms with Crippen LogP contribution in [0.5, 0.6) is 11.5 Å². The summed E-state index contributed by atoms with van der Waals surface area (Å²) in [4.78, 5) is 28.6. The van der Waals surface area contributed by atoms with Crippen LogP contribution in [0.4, 0.5) is 0 Å². The van der Waals surface area contributed by atoms with Gasteiger partial charge in [0.05, 0.1) is 13.7 Å². The van der Waals surface area contributed by atoms with Crippen LogP contribution in [-0.4, -0.2) is 29.5 Å². The van der Waals surface area contributed by atoms with Crippen LogP contribution in [0.2, 0.25) is 0 Å². The number of esters is 1. The smallest absolute Gasteiger partial charge is 0.497 e. The Bertz CT molecular complexity index is 535. The summed E-state index contributed by atoms with van der Waals surface area (Å²) in [6, 6.07) is 4.43. The van der Waals surface area contributed by atoms with Crippen LogP contribution in [-0.2, 0) is 20.5 Å². The number of phosphoric acid groups is 1. The molecule has 0 amide bonds. The number of benzene rings is 1. The van der Waals surface area contributed by atoms with E-state index >= 15 is 0 Å². The molecule has 1 rings (SSSR count). The van der Waals surface area contributed by atoms with Crippen molar-refractivity contribution in [2.75, 3.05) is 13.7 Å². The van der Waals surface area contributed by atoms with Gasteiger partial charge in [0.15, 0.2) is 0 Å². The first-order valence-electron chi connectivity index (χ1n) is 5.57. The Labute approximate surface area is 116 Å². The van der Waals surface area contributed by atoms with Gasteiger partial charge in [-0.1, -0.05) is 6.58 Å². The van der Waals surface area contributed by atoms with Gasteiger partial charge in [0.1, 0.15) is 11.5 Å². The van der Waals surface area contributed by atoms with Crippen molar-refractivity contribution in [1.82, 2.24) is 0 Å². The van der Waals surface area contributed by atoms with E-state index in [1.165, 1.54) is 19.2 Å². The van der Waals surface area contributed by atoms with Crippen molar-refractivity contribution in [3.8, 4) is 11.5 Å². The third-order valence-corrected chi connectivity index (χ3v) is 2.70. The molecule has 0 spiro atoms. The van der Waals surface area contributed by atoms with E-state index in [4.69, 9.17) is 19.3 Å². The van der Waals surface area contributed by atoms with Gasteiger partial charge in [-0.05, 0) is 18.2 Å². The first-order valence-corrected chi connectivity index (χ1v) is 7.10. The monoisotopic (exact) mass is 302 g/mol. The zero-order chi connectivity index (χ0) is 15.2. The Morgan fingerprint density at radius 2 is 2.15 bits per heavy atom. The van der Waals surface area contributed by atoms with Gasteiger partial charge in [-0.3, -0.25) is 9.79 Å². The lowest BCUT2D eigenvalue weighted by molar-refractivity contribution is -0.137. The van der Waals surface area contributed by atoms with Crippen molar-refractivity contribution in [2.24, 2.45) is 0 Å². The van der Waals surface area contributed by atoms with Crippen LogP contribution >= 0.6 is 7.82 Å². The zero-order valence-electron chi connectivity index (χ0n) is 10.8. The highest BCUT2D eigenvalue weighted by Gasteiger charge is 2.18. The third kappa shape index (κ3) is 5.44. The summed E-state index contributed by atoms with van der Waals surface area (Å²) in [5.74, 6) is -0.0766. The molecule has 110 valence electrons. The summed E-state index contributed by atoms with van der Waals surface area (Å²) in [7, 11) is -3.20. The minimum absolute atomic E-state index is 0.00813. The van der Waals surface area contributed by atoms with Gasteiger partial charge in [-0.15, -0.1) is 0 Å². The Hall–Kier alpha value is -1.82. The van der Waals surface area contributed by atoms with E-state index in [1.807, 2.05) is 0 Å². The SMILES string of the molecule is C=CC(=O)OCCc1cc(OC)ccc1OP(=O)(O)O. The fourth-order valence-electron chi connectivity index (χ4n) is 1.42. The van der Waals surface area contributed by atoms with E-state index in [-0.39, 0.29) is 18.8 Å². The summed E-state index contributed by atoms with van der Waals surface area (Å²) >= 11 is 0. The minimum Gasteiger partial charge on any atom is -0.497 e. The van der Waals surface area contributed by atoms with Gasteiger partial charge >= 0.3 is 13.8 Å². The molecule has 8 heteroatoms. The van der Waals surface area contributed by atoms with Crippen LogP contribution in [0.1, 0.15) is 5.56 Å². The lowest BCUT2D eigenvalue weighted by atomic mass is 10.1. The van der Waals surface area contributed by atoms with E-state index in [2.05, 4.69) is 11.1 Å². The Morgan fingerprint density at radius 1 is 1.45 bits per heavy atom. The molecule has 0 atom stereocenters. The molecule has 0 bridgehead atoms. The number of hydrogen-bond donors (Lipinski definition) is 2. The van der Waals surface area contributed by atoms with Gasteiger partial charge in [0, 0.05) is 18.1 Å². The standard InChI is InChI=1S/C12H15O7P/c1-3-12(13)18-7-6-9-8-10(17-2)4-5-11(9)19-20(14,15)16/h3-5,8H,1,6-7H2,2H3,(H2,14,15,16). The Kier molecular flexibility index (Phi) is 5.76. The number of methoxy groups -OCH3 is 1. The molecule has 20 heavy (non-hydrogen) atoms. The number of phosphoric ester groups is 1. The van der Waals surface area contributed by atoms with Crippen molar-refractivity contribution in [3.05, 3.63) is 36.4 Å². The number of hydrogen-bond acceptors (Lipinski definition) is 5.